The molecule has 0 fully saturated rings. The van der Waals surface area contributed by atoms with Crippen LogP contribution in [0, 0.1) is 0 Å². The minimum atomic E-state index is -0.456. The molecule has 7 nitrogen and oxygen atoms in total. The molecule has 150 valence electrons. The van der Waals surface area contributed by atoms with Gasteiger partial charge in [0.05, 0.1) is 20.3 Å². The van der Waals surface area contributed by atoms with Crippen LogP contribution in [0.2, 0.25) is 0 Å². The van der Waals surface area contributed by atoms with E-state index in [1.807, 2.05) is 0 Å². The van der Waals surface area contributed by atoms with Crippen LogP contribution in [-0.4, -0.2) is 32.6 Å². The fourth-order valence-corrected chi connectivity index (χ4v) is 2.43. The van der Waals surface area contributed by atoms with E-state index < -0.39 is 11.8 Å². The second-order valence-electron chi connectivity index (χ2n) is 6.11. The van der Waals surface area contributed by atoms with Crippen molar-refractivity contribution in [1.82, 2.24) is 10.9 Å². The van der Waals surface area contributed by atoms with Crippen molar-refractivity contribution < 1.29 is 23.8 Å². The summed E-state index contributed by atoms with van der Waals surface area (Å²) in [5.74, 6) is 0.169. The van der Waals surface area contributed by atoms with Crippen molar-refractivity contribution in [2.24, 2.45) is 0 Å². The maximum Gasteiger partial charge on any atom is 0.269 e. The molecule has 0 aromatic heterocycles. The van der Waals surface area contributed by atoms with Crippen LogP contribution in [0.1, 0.15) is 46.0 Å². The third-order valence-corrected chi connectivity index (χ3v) is 4.00. The maximum atomic E-state index is 12.3. The largest absolute Gasteiger partial charge is 0.493 e. The average Bonchev–Trinajstić information content (AvgIpc) is 2.72. The van der Waals surface area contributed by atoms with E-state index in [2.05, 4.69) is 17.8 Å². The monoisotopic (exact) mass is 386 g/mol. The van der Waals surface area contributed by atoms with Crippen LogP contribution in [0.25, 0.3) is 0 Å². The predicted molar refractivity (Wildman–Crippen MR) is 105 cm³/mol. The molecule has 0 spiro atoms. The van der Waals surface area contributed by atoms with Gasteiger partial charge in [0.25, 0.3) is 11.8 Å². The molecule has 2 N–H and O–H groups in total. The maximum absolute atomic E-state index is 12.3. The lowest BCUT2D eigenvalue weighted by atomic mass is 10.1. The van der Waals surface area contributed by atoms with Crippen LogP contribution >= 0.6 is 0 Å². The third-order valence-electron chi connectivity index (χ3n) is 4.00. The number of carbonyl (C=O) groups is 2. The highest BCUT2D eigenvalue weighted by molar-refractivity contribution is 5.99. The molecule has 28 heavy (non-hydrogen) atoms. The highest BCUT2D eigenvalue weighted by atomic mass is 16.5. The lowest BCUT2D eigenvalue weighted by Crippen LogP contribution is -2.41. The Morgan fingerprint density at radius 1 is 0.893 bits per heavy atom. The number of benzene rings is 2. The van der Waals surface area contributed by atoms with Gasteiger partial charge in [0.1, 0.15) is 0 Å². The average molecular weight is 386 g/mol. The zero-order valence-corrected chi connectivity index (χ0v) is 16.4. The van der Waals surface area contributed by atoms with Gasteiger partial charge < -0.3 is 14.2 Å². The molecule has 0 saturated heterocycles. The van der Waals surface area contributed by atoms with Crippen LogP contribution in [-0.2, 0) is 11.3 Å². The Morgan fingerprint density at radius 3 is 2.14 bits per heavy atom. The van der Waals surface area contributed by atoms with Crippen LogP contribution in [0.3, 0.4) is 0 Å². The quantitative estimate of drug-likeness (QED) is 0.511. The molecule has 0 unspecified atom stereocenters. The van der Waals surface area contributed by atoms with Gasteiger partial charge in [-0.25, -0.2) is 0 Å². The van der Waals surface area contributed by atoms with Gasteiger partial charge >= 0.3 is 0 Å². The molecule has 0 bridgehead atoms. The first kappa shape index (κ1) is 21.2. The second kappa shape index (κ2) is 10.9. The molecule has 0 aliphatic heterocycles. The lowest BCUT2D eigenvalue weighted by Gasteiger charge is -2.12. The van der Waals surface area contributed by atoms with E-state index in [0.717, 1.165) is 18.4 Å². The number of ether oxygens (including phenoxy) is 3. The van der Waals surface area contributed by atoms with Crippen molar-refractivity contribution in [3.05, 3.63) is 59.2 Å². The number of hydrogen-bond acceptors (Lipinski definition) is 5. The molecule has 0 radical (unpaired) electrons. The van der Waals surface area contributed by atoms with Gasteiger partial charge in [-0.2, -0.15) is 0 Å². The highest BCUT2D eigenvalue weighted by Crippen LogP contribution is 2.28. The predicted octanol–water partition coefficient (Wildman–Crippen LogP) is 3.10. The smallest absolute Gasteiger partial charge is 0.269 e. The fraction of sp³-hybridized carbons (Fsp3) is 0.333. The summed E-state index contributed by atoms with van der Waals surface area (Å²) in [7, 11) is 3.12. The summed E-state index contributed by atoms with van der Waals surface area (Å²) >= 11 is 0. The number of hydrogen-bond donors (Lipinski definition) is 2. The summed E-state index contributed by atoms with van der Waals surface area (Å²) in [5, 5.41) is 0. The summed E-state index contributed by atoms with van der Waals surface area (Å²) in [6.07, 6.45) is 1.96. The Bertz CT molecular complexity index is 790. The van der Waals surface area contributed by atoms with E-state index in [4.69, 9.17) is 14.2 Å². The van der Waals surface area contributed by atoms with E-state index in [1.54, 1.807) is 49.6 Å². The zero-order chi connectivity index (χ0) is 20.4. The van der Waals surface area contributed by atoms with Crippen molar-refractivity contribution in [2.75, 3.05) is 20.8 Å². The van der Waals surface area contributed by atoms with Crippen molar-refractivity contribution in [2.45, 2.75) is 26.4 Å². The summed E-state index contributed by atoms with van der Waals surface area (Å²) in [6, 6.07) is 11.8. The fourth-order valence-electron chi connectivity index (χ4n) is 2.43. The Balaban J connectivity index is 1.95. The van der Waals surface area contributed by atoms with Gasteiger partial charge in [-0.15, -0.1) is 0 Å². The normalized spacial score (nSPS) is 10.2. The van der Waals surface area contributed by atoms with E-state index in [1.165, 1.54) is 7.11 Å². The summed E-state index contributed by atoms with van der Waals surface area (Å²) in [4.78, 5) is 24.5. The number of rotatable bonds is 9. The Hall–Kier alpha value is -3.06. The molecule has 0 aliphatic carbocycles. The summed E-state index contributed by atoms with van der Waals surface area (Å²) in [6.45, 7) is 3.13. The van der Waals surface area contributed by atoms with E-state index in [0.29, 0.717) is 35.8 Å². The van der Waals surface area contributed by atoms with Gasteiger partial charge in [-0.05, 0) is 42.3 Å². The van der Waals surface area contributed by atoms with Crippen molar-refractivity contribution in [1.29, 1.82) is 0 Å². The number of hydrazine groups is 1. The summed E-state index contributed by atoms with van der Waals surface area (Å²) < 4.78 is 16.0. The molecule has 2 aromatic carbocycles. The van der Waals surface area contributed by atoms with Gasteiger partial charge in [0, 0.05) is 18.2 Å². The Labute approximate surface area is 165 Å². The van der Waals surface area contributed by atoms with Gasteiger partial charge in [0.15, 0.2) is 11.5 Å². The van der Waals surface area contributed by atoms with E-state index in [9.17, 15) is 9.59 Å². The number of methoxy groups -OCH3 is 2. The molecule has 7 heteroatoms. The summed E-state index contributed by atoms with van der Waals surface area (Å²) in [5.41, 5.74) is 6.53. The standard InChI is InChI=1S/C21H26N2O5/c1-4-5-12-28-18-11-10-17(13-19(18)27-3)21(25)23-22-20(24)16-8-6-15(7-9-16)14-26-2/h6-11,13H,4-5,12,14H2,1-3H3,(H,22,24)(H,23,25). The van der Waals surface area contributed by atoms with Crippen molar-refractivity contribution in [3.8, 4) is 11.5 Å². The molecule has 2 rings (SSSR count). The third kappa shape index (κ3) is 5.99. The second-order valence-corrected chi connectivity index (χ2v) is 6.11. The van der Waals surface area contributed by atoms with Gasteiger partial charge in [-0.1, -0.05) is 25.5 Å². The Morgan fingerprint density at radius 2 is 1.54 bits per heavy atom. The Kier molecular flexibility index (Phi) is 8.30. The SMILES string of the molecule is CCCCOc1ccc(C(=O)NNC(=O)c2ccc(COC)cc2)cc1OC. The number of nitrogens with one attached hydrogen (secondary N) is 2. The van der Waals surface area contributed by atoms with Crippen molar-refractivity contribution in [3.63, 3.8) is 0 Å². The van der Waals surface area contributed by atoms with Crippen LogP contribution in [0.4, 0.5) is 0 Å². The molecule has 0 saturated carbocycles. The minimum Gasteiger partial charge on any atom is -0.493 e. The zero-order valence-electron chi connectivity index (χ0n) is 16.4. The highest BCUT2D eigenvalue weighted by Gasteiger charge is 2.13. The van der Waals surface area contributed by atoms with Crippen LogP contribution < -0.4 is 20.3 Å². The first-order valence-corrected chi connectivity index (χ1v) is 9.08. The first-order valence-electron chi connectivity index (χ1n) is 9.08. The van der Waals surface area contributed by atoms with Gasteiger partial charge in [-0.3, -0.25) is 20.4 Å². The minimum absolute atomic E-state index is 0.343. The van der Waals surface area contributed by atoms with Gasteiger partial charge in [0.2, 0.25) is 0 Å². The number of amides is 2. The van der Waals surface area contributed by atoms with Crippen LogP contribution in [0.15, 0.2) is 42.5 Å². The molecule has 0 aliphatic rings. The molecular weight excluding hydrogens is 360 g/mol. The number of carbonyl (C=O) groups excluding carboxylic acids is 2. The molecule has 2 amide bonds. The first-order chi connectivity index (χ1) is 13.6. The lowest BCUT2D eigenvalue weighted by molar-refractivity contribution is 0.0846. The molecule has 0 heterocycles. The molecule has 2 aromatic rings. The van der Waals surface area contributed by atoms with Crippen molar-refractivity contribution >= 4 is 11.8 Å². The van der Waals surface area contributed by atoms with E-state index in [-0.39, 0.29) is 0 Å². The topological polar surface area (TPSA) is 85.9 Å². The number of unbranched alkanes of at least 4 members (excludes halogenated alkanes) is 1. The van der Waals surface area contributed by atoms with Crippen LogP contribution in [0.5, 0.6) is 11.5 Å². The molecular formula is C21H26N2O5. The molecule has 0 atom stereocenters. The van der Waals surface area contributed by atoms with E-state index >= 15 is 0 Å².